The lowest BCUT2D eigenvalue weighted by molar-refractivity contribution is -0.138. The van der Waals surface area contributed by atoms with Gasteiger partial charge in [0.25, 0.3) is 5.91 Å². The van der Waals surface area contributed by atoms with E-state index in [0.717, 1.165) is 12.0 Å². The monoisotopic (exact) mass is 354 g/mol. The second-order valence-electron chi connectivity index (χ2n) is 6.01. The Hall–Kier alpha value is -3.15. The molecule has 136 valence electrons. The van der Waals surface area contributed by atoms with Crippen LogP contribution in [0.2, 0.25) is 0 Å². The lowest BCUT2D eigenvalue weighted by atomic mass is 10.1. The van der Waals surface area contributed by atoms with Crippen molar-refractivity contribution < 1.29 is 19.5 Å². The number of rotatable bonds is 7. The van der Waals surface area contributed by atoms with Crippen LogP contribution in [0.3, 0.4) is 0 Å². The molecule has 6 nitrogen and oxygen atoms in total. The van der Waals surface area contributed by atoms with Crippen molar-refractivity contribution in [2.45, 2.75) is 32.7 Å². The van der Waals surface area contributed by atoms with Crippen LogP contribution >= 0.6 is 0 Å². The van der Waals surface area contributed by atoms with Gasteiger partial charge in [0, 0.05) is 11.3 Å². The van der Waals surface area contributed by atoms with Gasteiger partial charge < -0.3 is 15.7 Å². The summed E-state index contributed by atoms with van der Waals surface area (Å²) in [4.78, 5) is 34.8. The van der Waals surface area contributed by atoms with E-state index in [2.05, 4.69) is 17.6 Å². The highest BCUT2D eigenvalue weighted by Gasteiger charge is 2.15. The largest absolute Gasteiger partial charge is 0.480 e. The number of carbonyl (C=O) groups is 3. The third-order valence-electron chi connectivity index (χ3n) is 3.94. The molecule has 0 saturated carbocycles. The summed E-state index contributed by atoms with van der Waals surface area (Å²) in [5.41, 5.74) is 3.05. The zero-order valence-corrected chi connectivity index (χ0v) is 14.8. The number of benzene rings is 2. The van der Waals surface area contributed by atoms with Crippen LogP contribution in [0.15, 0.2) is 48.5 Å². The van der Waals surface area contributed by atoms with Crippen LogP contribution in [-0.4, -0.2) is 28.9 Å². The van der Waals surface area contributed by atoms with E-state index in [4.69, 9.17) is 5.11 Å². The number of anilines is 1. The summed E-state index contributed by atoms with van der Waals surface area (Å²) in [7, 11) is 0. The van der Waals surface area contributed by atoms with Gasteiger partial charge in [-0.25, -0.2) is 0 Å². The minimum Gasteiger partial charge on any atom is -0.480 e. The summed E-state index contributed by atoms with van der Waals surface area (Å²) in [5.74, 6) is -1.73. The Labute approximate surface area is 152 Å². The summed E-state index contributed by atoms with van der Waals surface area (Å²) in [6.07, 6.45) is 1.22. The van der Waals surface area contributed by atoms with E-state index in [1.807, 2.05) is 24.3 Å². The quantitative estimate of drug-likeness (QED) is 0.712. The molecule has 0 bridgehead atoms. The molecule has 0 spiro atoms. The number of carbonyl (C=O) groups excluding carboxylic acids is 2. The van der Waals surface area contributed by atoms with Gasteiger partial charge in [0.05, 0.1) is 6.42 Å². The molecular formula is C20H22N2O4. The van der Waals surface area contributed by atoms with Crippen molar-refractivity contribution in [3.8, 4) is 0 Å². The van der Waals surface area contributed by atoms with Gasteiger partial charge in [-0.2, -0.15) is 0 Å². The fourth-order valence-corrected chi connectivity index (χ4v) is 2.33. The molecule has 0 aliphatic carbocycles. The highest BCUT2D eigenvalue weighted by Crippen LogP contribution is 2.12. The van der Waals surface area contributed by atoms with Gasteiger partial charge in [-0.3, -0.25) is 14.4 Å². The van der Waals surface area contributed by atoms with Gasteiger partial charge in [-0.15, -0.1) is 0 Å². The van der Waals surface area contributed by atoms with Crippen molar-refractivity contribution in [1.82, 2.24) is 5.32 Å². The summed E-state index contributed by atoms with van der Waals surface area (Å²) in [6, 6.07) is 13.2. The second-order valence-corrected chi connectivity index (χ2v) is 6.01. The fourth-order valence-electron chi connectivity index (χ4n) is 2.33. The van der Waals surface area contributed by atoms with E-state index < -0.39 is 17.9 Å². The molecule has 0 aliphatic rings. The first-order valence-corrected chi connectivity index (χ1v) is 8.40. The number of aryl methyl sites for hydroxylation is 1. The predicted molar refractivity (Wildman–Crippen MR) is 99.2 cm³/mol. The molecule has 26 heavy (non-hydrogen) atoms. The van der Waals surface area contributed by atoms with Crippen LogP contribution in [0, 0.1) is 0 Å². The lowest BCUT2D eigenvalue weighted by Gasteiger charge is -2.10. The van der Waals surface area contributed by atoms with E-state index >= 15 is 0 Å². The zero-order chi connectivity index (χ0) is 19.1. The molecule has 0 heterocycles. The SMILES string of the molecule is CCc1ccc(CC(=O)Nc2ccc(C(=O)NC(C)C(=O)O)cc2)cc1. The van der Waals surface area contributed by atoms with Gasteiger partial charge in [-0.1, -0.05) is 31.2 Å². The first-order valence-electron chi connectivity index (χ1n) is 8.40. The zero-order valence-electron chi connectivity index (χ0n) is 14.8. The lowest BCUT2D eigenvalue weighted by Crippen LogP contribution is -2.38. The van der Waals surface area contributed by atoms with Crippen LogP contribution in [0.1, 0.15) is 35.3 Å². The Bertz CT molecular complexity index is 782. The minimum atomic E-state index is -1.10. The Morgan fingerprint density at radius 2 is 1.54 bits per heavy atom. The highest BCUT2D eigenvalue weighted by atomic mass is 16.4. The smallest absolute Gasteiger partial charge is 0.325 e. The third-order valence-corrected chi connectivity index (χ3v) is 3.94. The number of carboxylic acids is 1. The Kier molecular flexibility index (Phi) is 6.49. The van der Waals surface area contributed by atoms with Gasteiger partial charge in [0.15, 0.2) is 0 Å². The van der Waals surface area contributed by atoms with E-state index in [1.165, 1.54) is 24.6 Å². The average molecular weight is 354 g/mol. The Balaban J connectivity index is 1.92. The molecule has 1 unspecified atom stereocenters. The molecule has 0 saturated heterocycles. The summed E-state index contributed by atoms with van der Waals surface area (Å²) >= 11 is 0. The van der Waals surface area contributed by atoms with Gasteiger partial charge >= 0.3 is 5.97 Å². The van der Waals surface area contributed by atoms with Gasteiger partial charge in [0.1, 0.15) is 6.04 Å². The first kappa shape index (κ1) is 19.2. The molecule has 2 aromatic carbocycles. The summed E-state index contributed by atoms with van der Waals surface area (Å²) in [6.45, 7) is 3.47. The molecule has 2 aromatic rings. The molecule has 6 heteroatoms. The van der Waals surface area contributed by atoms with E-state index in [9.17, 15) is 14.4 Å². The maximum atomic E-state index is 12.1. The number of hydrogen-bond acceptors (Lipinski definition) is 3. The molecule has 2 rings (SSSR count). The van der Waals surface area contributed by atoms with Crippen molar-refractivity contribution in [3.63, 3.8) is 0 Å². The van der Waals surface area contributed by atoms with E-state index in [1.54, 1.807) is 12.1 Å². The number of nitrogens with one attached hydrogen (secondary N) is 2. The van der Waals surface area contributed by atoms with E-state index in [-0.39, 0.29) is 12.3 Å². The van der Waals surface area contributed by atoms with Crippen molar-refractivity contribution in [2.75, 3.05) is 5.32 Å². The number of aliphatic carboxylic acids is 1. The topological polar surface area (TPSA) is 95.5 Å². The third kappa shape index (κ3) is 5.44. The van der Waals surface area contributed by atoms with Crippen LogP contribution in [-0.2, 0) is 22.4 Å². The molecule has 0 aromatic heterocycles. The summed E-state index contributed by atoms with van der Waals surface area (Å²) in [5, 5.41) is 14.0. The number of hydrogen-bond donors (Lipinski definition) is 3. The van der Waals surface area contributed by atoms with Crippen LogP contribution in [0.4, 0.5) is 5.69 Å². The predicted octanol–water partition coefficient (Wildman–Crippen LogP) is 2.63. The van der Waals surface area contributed by atoms with Crippen LogP contribution in [0.25, 0.3) is 0 Å². The van der Waals surface area contributed by atoms with E-state index in [0.29, 0.717) is 11.3 Å². The maximum absolute atomic E-state index is 12.1. The maximum Gasteiger partial charge on any atom is 0.325 e. The molecule has 2 amide bonds. The van der Waals surface area contributed by atoms with Crippen molar-refractivity contribution in [2.24, 2.45) is 0 Å². The first-order chi connectivity index (χ1) is 12.4. The Morgan fingerprint density at radius 3 is 2.08 bits per heavy atom. The number of amides is 2. The van der Waals surface area contributed by atoms with Gasteiger partial charge in [0.2, 0.25) is 5.91 Å². The molecular weight excluding hydrogens is 332 g/mol. The van der Waals surface area contributed by atoms with Crippen molar-refractivity contribution in [3.05, 3.63) is 65.2 Å². The minimum absolute atomic E-state index is 0.147. The van der Waals surface area contributed by atoms with Crippen molar-refractivity contribution in [1.29, 1.82) is 0 Å². The fraction of sp³-hybridized carbons (Fsp3) is 0.250. The normalized spacial score (nSPS) is 11.5. The second kappa shape index (κ2) is 8.80. The number of carboxylic acid groups (broad SMARTS) is 1. The molecule has 3 N–H and O–H groups in total. The molecule has 0 fully saturated rings. The summed E-state index contributed by atoms with van der Waals surface area (Å²) < 4.78 is 0. The Morgan fingerprint density at radius 1 is 0.962 bits per heavy atom. The highest BCUT2D eigenvalue weighted by molar-refractivity contribution is 5.97. The molecule has 0 aliphatic heterocycles. The standard InChI is InChI=1S/C20H22N2O4/c1-3-14-4-6-15(7-5-14)12-18(23)22-17-10-8-16(9-11-17)19(24)21-13(2)20(25)26/h4-11,13H,3,12H2,1-2H3,(H,21,24)(H,22,23)(H,25,26). The van der Waals surface area contributed by atoms with Crippen LogP contribution in [0.5, 0.6) is 0 Å². The molecule has 1 atom stereocenters. The van der Waals surface area contributed by atoms with Crippen LogP contribution < -0.4 is 10.6 Å². The average Bonchev–Trinajstić information content (AvgIpc) is 2.62. The van der Waals surface area contributed by atoms with Crippen molar-refractivity contribution >= 4 is 23.5 Å². The molecule has 0 radical (unpaired) electrons. The van der Waals surface area contributed by atoms with Gasteiger partial charge in [-0.05, 0) is 48.7 Å².